The smallest absolute Gasteiger partial charge is 0.376 e. The van der Waals surface area contributed by atoms with E-state index >= 15 is 0 Å². The highest BCUT2D eigenvalue weighted by atomic mass is 19.4. The van der Waals surface area contributed by atoms with Crippen LogP contribution in [0.25, 0.3) is 16.6 Å². The van der Waals surface area contributed by atoms with Crippen molar-refractivity contribution >= 4 is 10.9 Å². The van der Waals surface area contributed by atoms with Crippen LogP contribution in [0.5, 0.6) is 0 Å². The third kappa shape index (κ3) is 3.63. The van der Waals surface area contributed by atoms with Crippen LogP contribution in [0.2, 0.25) is 0 Å². The zero-order valence-electron chi connectivity index (χ0n) is 15.5. The Kier molecular flexibility index (Phi) is 4.88. The summed E-state index contributed by atoms with van der Waals surface area (Å²) < 4.78 is 43.3. The number of fused-ring (bicyclic) bond motifs is 1. The Morgan fingerprint density at radius 3 is 2.17 bits per heavy atom. The SMILES string of the molecule is OC(CCc1ccccc1)(c1ccc2c(cnn2-c2ccccc2)c1)C(F)(F)F. The highest BCUT2D eigenvalue weighted by Crippen LogP contribution is 2.43. The van der Waals surface area contributed by atoms with Gasteiger partial charge in [-0.3, -0.25) is 0 Å². The molecule has 0 saturated heterocycles. The lowest BCUT2D eigenvalue weighted by Gasteiger charge is -2.31. The maximum Gasteiger partial charge on any atom is 0.421 e. The molecule has 4 aromatic rings. The van der Waals surface area contributed by atoms with Gasteiger partial charge in [-0.25, -0.2) is 4.68 Å². The van der Waals surface area contributed by atoms with Crippen LogP contribution >= 0.6 is 0 Å². The minimum absolute atomic E-state index is 0.109. The number of aliphatic hydroxyl groups is 1. The molecule has 6 heteroatoms. The summed E-state index contributed by atoms with van der Waals surface area (Å²) in [6.45, 7) is 0. The number of hydrogen-bond donors (Lipinski definition) is 1. The molecule has 0 saturated carbocycles. The fourth-order valence-corrected chi connectivity index (χ4v) is 3.48. The minimum Gasteiger partial charge on any atom is -0.376 e. The molecule has 0 bridgehead atoms. The predicted octanol–water partition coefficient (Wildman–Crippen LogP) is 5.41. The Labute approximate surface area is 166 Å². The van der Waals surface area contributed by atoms with E-state index in [0.717, 1.165) is 11.3 Å². The lowest BCUT2D eigenvalue weighted by Crippen LogP contribution is -2.42. The largest absolute Gasteiger partial charge is 0.421 e. The fraction of sp³-hybridized carbons (Fsp3) is 0.174. The van der Waals surface area contributed by atoms with E-state index in [4.69, 9.17) is 0 Å². The average molecular weight is 396 g/mol. The van der Waals surface area contributed by atoms with Gasteiger partial charge in [-0.15, -0.1) is 0 Å². The lowest BCUT2D eigenvalue weighted by atomic mass is 9.86. The molecular formula is C23H19F3N2O. The van der Waals surface area contributed by atoms with Crippen LogP contribution in [-0.4, -0.2) is 21.1 Å². The molecule has 1 heterocycles. The van der Waals surface area contributed by atoms with E-state index in [1.165, 1.54) is 18.3 Å². The van der Waals surface area contributed by atoms with Gasteiger partial charge in [-0.1, -0.05) is 54.6 Å². The van der Waals surface area contributed by atoms with Crippen molar-refractivity contribution < 1.29 is 18.3 Å². The van der Waals surface area contributed by atoms with E-state index in [2.05, 4.69) is 5.10 Å². The van der Waals surface area contributed by atoms with Crippen LogP contribution in [0, 0.1) is 0 Å². The summed E-state index contributed by atoms with van der Waals surface area (Å²) in [5, 5.41) is 15.5. The van der Waals surface area contributed by atoms with Gasteiger partial charge < -0.3 is 5.11 Å². The second kappa shape index (κ2) is 7.37. The standard InChI is InChI=1S/C23H19F3N2O/c24-23(25,26)22(29,14-13-17-7-3-1-4-8-17)19-11-12-21-18(15-19)16-27-28(21)20-9-5-2-6-10-20/h1-12,15-16,29H,13-14H2. The summed E-state index contributed by atoms with van der Waals surface area (Å²) >= 11 is 0. The van der Waals surface area contributed by atoms with Crippen LogP contribution in [0.4, 0.5) is 13.2 Å². The molecule has 0 fully saturated rings. The molecule has 0 aliphatic carbocycles. The molecule has 0 spiro atoms. The molecule has 1 atom stereocenters. The number of benzene rings is 3. The first-order chi connectivity index (χ1) is 13.9. The van der Waals surface area contributed by atoms with Crippen molar-refractivity contribution in [2.45, 2.75) is 24.6 Å². The number of aromatic nitrogens is 2. The molecule has 4 rings (SSSR count). The van der Waals surface area contributed by atoms with Gasteiger partial charge in [0.25, 0.3) is 0 Å². The summed E-state index contributed by atoms with van der Waals surface area (Å²) in [6, 6.07) is 22.5. The van der Waals surface area contributed by atoms with Gasteiger partial charge in [0.15, 0.2) is 5.60 Å². The minimum atomic E-state index is -4.80. The number of alkyl halides is 3. The molecule has 29 heavy (non-hydrogen) atoms. The topological polar surface area (TPSA) is 38.1 Å². The molecule has 0 aliphatic heterocycles. The van der Waals surface area contributed by atoms with Crippen LogP contribution < -0.4 is 0 Å². The highest BCUT2D eigenvalue weighted by Gasteiger charge is 2.54. The maximum absolute atomic E-state index is 13.9. The van der Waals surface area contributed by atoms with Crippen LogP contribution in [0.15, 0.2) is 85.1 Å². The Hall–Kier alpha value is -3.12. The summed E-state index contributed by atoms with van der Waals surface area (Å²) in [5.74, 6) is 0. The summed E-state index contributed by atoms with van der Waals surface area (Å²) in [7, 11) is 0. The molecule has 0 amide bonds. The highest BCUT2D eigenvalue weighted by molar-refractivity contribution is 5.81. The molecule has 0 aliphatic rings. The Morgan fingerprint density at radius 1 is 0.862 bits per heavy atom. The van der Waals surface area contributed by atoms with Crippen molar-refractivity contribution in [3.05, 3.63) is 96.2 Å². The van der Waals surface area contributed by atoms with Crippen molar-refractivity contribution in [3.63, 3.8) is 0 Å². The van der Waals surface area contributed by atoms with Crippen LogP contribution in [-0.2, 0) is 12.0 Å². The lowest BCUT2D eigenvalue weighted by molar-refractivity contribution is -0.269. The molecule has 3 aromatic carbocycles. The van der Waals surface area contributed by atoms with Gasteiger partial charge in [0, 0.05) is 5.39 Å². The van der Waals surface area contributed by atoms with E-state index < -0.39 is 18.2 Å². The van der Waals surface area contributed by atoms with Crippen molar-refractivity contribution in [3.8, 4) is 5.69 Å². The second-order valence-electron chi connectivity index (χ2n) is 7.01. The van der Waals surface area contributed by atoms with E-state index in [0.29, 0.717) is 10.9 Å². The Bertz CT molecular complexity index is 1110. The Balaban J connectivity index is 1.71. The van der Waals surface area contributed by atoms with Crippen LogP contribution in [0.1, 0.15) is 17.5 Å². The average Bonchev–Trinajstić information content (AvgIpc) is 3.16. The second-order valence-corrected chi connectivity index (χ2v) is 7.01. The molecular weight excluding hydrogens is 377 g/mol. The first kappa shape index (κ1) is 19.2. The van der Waals surface area contributed by atoms with E-state index in [-0.39, 0.29) is 12.0 Å². The van der Waals surface area contributed by atoms with Gasteiger partial charge >= 0.3 is 6.18 Å². The normalized spacial score (nSPS) is 14.1. The molecule has 3 nitrogen and oxygen atoms in total. The number of para-hydroxylation sites is 1. The number of aryl methyl sites for hydroxylation is 1. The van der Waals surface area contributed by atoms with Gasteiger partial charge in [0.2, 0.25) is 0 Å². The van der Waals surface area contributed by atoms with E-state index in [1.54, 1.807) is 41.1 Å². The van der Waals surface area contributed by atoms with Crippen molar-refractivity contribution in [2.24, 2.45) is 0 Å². The summed E-state index contributed by atoms with van der Waals surface area (Å²) in [6.07, 6.45) is -3.64. The molecule has 148 valence electrons. The zero-order valence-corrected chi connectivity index (χ0v) is 15.5. The third-order valence-electron chi connectivity index (χ3n) is 5.13. The summed E-state index contributed by atoms with van der Waals surface area (Å²) in [4.78, 5) is 0. The zero-order chi connectivity index (χ0) is 20.5. The number of rotatable bonds is 5. The summed E-state index contributed by atoms with van der Waals surface area (Å²) in [5.41, 5.74) is -0.890. The van der Waals surface area contributed by atoms with Gasteiger partial charge in [0.1, 0.15) is 0 Å². The van der Waals surface area contributed by atoms with Crippen molar-refractivity contribution in [2.75, 3.05) is 0 Å². The van der Waals surface area contributed by atoms with Gasteiger partial charge in [0.05, 0.1) is 17.4 Å². The predicted molar refractivity (Wildman–Crippen MR) is 106 cm³/mol. The molecule has 1 N–H and O–H groups in total. The molecule has 0 radical (unpaired) electrons. The third-order valence-corrected chi connectivity index (χ3v) is 5.13. The van der Waals surface area contributed by atoms with Gasteiger partial charge in [-0.05, 0) is 48.2 Å². The fourth-order valence-electron chi connectivity index (χ4n) is 3.48. The molecule has 1 aromatic heterocycles. The monoisotopic (exact) mass is 396 g/mol. The molecule has 1 unspecified atom stereocenters. The Morgan fingerprint density at radius 2 is 1.52 bits per heavy atom. The first-order valence-corrected chi connectivity index (χ1v) is 9.25. The first-order valence-electron chi connectivity index (χ1n) is 9.25. The van der Waals surface area contributed by atoms with Crippen LogP contribution in [0.3, 0.4) is 0 Å². The number of nitrogens with zero attached hydrogens (tertiary/aromatic N) is 2. The van der Waals surface area contributed by atoms with Gasteiger partial charge in [-0.2, -0.15) is 18.3 Å². The van der Waals surface area contributed by atoms with Crippen molar-refractivity contribution in [1.82, 2.24) is 9.78 Å². The maximum atomic E-state index is 13.9. The number of hydrogen-bond acceptors (Lipinski definition) is 2. The number of halogens is 3. The van der Waals surface area contributed by atoms with E-state index in [9.17, 15) is 18.3 Å². The van der Waals surface area contributed by atoms with Crippen molar-refractivity contribution in [1.29, 1.82) is 0 Å². The van der Waals surface area contributed by atoms with E-state index in [1.807, 2.05) is 30.3 Å². The quantitative estimate of drug-likeness (QED) is 0.490.